The average molecular weight is 1210 g/mol. The Morgan fingerprint density at radius 1 is 0.602 bits per heavy atom. The van der Waals surface area contributed by atoms with Crippen LogP contribution in [0.25, 0.3) is 0 Å². The number of hydrogen-bond donors (Lipinski definition) is 7. The van der Waals surface area contributed by atoms with Gasteiger partial charge in [0.25, 0.3) is 5.91 Å². The third-order valence-electron chi connectivity index (χ3n) is 13.1. The van der Waals surface area contributed by atoms with Crippen molar-refractivity contribution in [1.82, 2.24) is 10.6 Å². The van der Waals surface area contributed by atoms with Crippen molar-refractivity contribution in [2.45, 2.75) is 62.4 Å². The van der Waals surface area contributed by atoms with Gasteiger partial charge in [-0.3, -0.25) is 19.8 Å². The molecule has 7 aromatic carbocycles. The summed E-state index contributed by atoms with van der Waals surface area (Å²) in [4.78, 5) is 109. The number of nitrogens with two attached hydrogens (primary N) is 1. The van der Waals surface area contributed by atoms with Gasteiger partial charge in [-0.15, -0.1) is 0 Å². The van der Waals surface area contributed by atoms with Gasteiger partial charge in [-0.2, -0.15) is 13.2 Å². The molecule has 8 N–H and O–H groups in total. The number of ether oxygens (including phenoxy) is 7. The normalized spacial score (nSPS) is 16.5. The number of hydrogen-bond acceptors (Lipinski definition) is 17. The lowest BCUT2D eigenvalue weighted by Crippen LogP contribution is -2.63. The fourth-order valence-corrected chi connectivity index (χ4v) is 8.92. The Labute approximate surface area is 498 Å². The highest BCUT2D eigenvalue weighted by Crippen LogP contribution is 2.39. The van der Waals surface area contributed by atoms with E-state index >= 15 is 0 Å². The van der Waals surface area contributed by atoms with Gasteiger partial charge >= 0.3 is 42.0 Å². The number of amides is 2. The number of carbonyl (C=O) groups excluding carboxylic acids is 7. The van der Waals surface area contributed by atoms with E-state index in [2.05, 4.69) is 16.0 Å². The number of halogens is 3. The van der Waals surface area contributed by atoms with E-state index in [0.717, 1.165) is 18.2 Å². The van der Waals surface area contributed by atoms with Gasteiger partial charge in [0.15, 0.2) is 18.2 Å². The van der Waals surface area contributed by atoms with E-state index in [4.69, 9.17) is 44.3 Å². The first kappa shape index (κ1) is 63.0. The fraction of sp³-hybridized carbons (Fsp3) is 0.190. The van der Waals surface area contributed by atoms with Gasteiger partial charge in [0.1, 0.15) is 30.8 Å². The van der Waals surface area contributed by atoms with E-state index in [9.17, 15) is 61.7 Å². The summed E-state index contributed by atoms with van der Waals surface area (Å²) < 4.78 is 84.6. The number of guanidine groups is 1. The molecule has 0 bridgehead atoms. The van der Waals surface area contributed by atoms with Crippen molar-refractivity contribution < 1.29 is 94.9 Å². The average Bonchev–Trinajstić information content (AvgIpc) is 1.05. The zero-order valence-electron chi connectivity index (χ0n) is 46.0. The molecule has 88 heavy (non-hydrogen) atoms. The van der Waals surface area contributed by atoms with Crippen LogP contribution < -0.4 is 26.4 Å². The van der Waals surface area contributed by atoms with E-state index in [-0.39, 0.29) is 50.4 Å². The topological polar surface area (TPSA) is 328 Å². The Kier molecular flexibility index (Phi) is 20.8. The zero-order chi connectivity index (χ0) is 62.9. The number of carbonyl (C=O) groups is 8. The highest BCUT2D eigenvalue weighted by atomic mass is 19.4. The SMILES string of the molecule is N=C(N)Nc1cc(C(=O)NCC(=O)NC(CCC(=O)O)c2cc(OC3OC(COC(=O)c4ccccc4)C(OC(=O)c4ccccc4)C(OC(=O)c4ccccc4)C3OC(=O)c3ccccc3)cc(COC(=O)c3ccccc3)c2O)cc(C(F)(F)F)c1. The summed E-state index contributed by atoms with van der Waals surface area (Å²) in [5, 5.41) is 36.4. The smallest absolute Gasteiger partial charge is 0.416 e. The Bertz CT molecular complexity index is 3660. The number of carboxylic acid groups (broad SMARTS) is 1. The van der Waals surface area contributed by atoms with E-state index in [0.29, 0.717) is 12.1 Å². The monoisotopic (exact) mass is 1210 g/mol. The number of aromatic hydroxyl groups is 1. The molecule has 0 aliphatic carbocycles. The maximum Gasteiger partial charge on any atom is 0.416 e. The largest absolute Gasteiger partial charge is 0.507 e. The molecule has 0 aromatic heterocycles. The molecule has 0 spiro atoms. The van der Waals surface area contributed by atoms with Gasteiger partial charge in [0.05, 0.1) is 46.0 Å². The van der Waals surface area contributed by atoms with Crippen molar-refractivity contribution >= 4 is 59.3 Å². The summed E-state index contributed by atoms with van der Waals surface area (Å²) in [7, 11) is 0. The number of anilines is 1. The quantitative estimate of drug-likeness (QED) is 0.0137. The number of benzene rings is 7. The molecule has 2 amide bonds. The lowest BCUT2D eigenvalue weighted by atomic mass is 9.96. The molecule has 0 radical (unpaired) electrons. The Hall–Kier alpha value is -11.1. The first-order valence-corrected chi connectivity index (χ1v) is 26.7. The summed E-state index contributed by atoms with van der Waals surface area (Å²) in [6.07, 6.45) is -15.6. The molecule has 7 aromatic rings. The van der Waals surface area contributed by atoms with Crippen molar-refractivity contribution in [3.05, 3.63) is 232 Å². The predicted molar refractivity (Wildman–Crippen MR) is 304 cm³/mol. The maximum atomic E-state index is 14.3. The van der Waals surface area contributed by atoms with Gasteiger partial charge in [0, 0.05) is 28.8 Å². The van der Waals surface area contributed by atoms with E-state index in [1.165, 1.54) is 84.9 Å². The summed E-state index contributed by atoms with van der Waals surface area (Å²) in [6.45, 7) is -2.50. The molecule has 8 rings (SSSR count). The Balaban J connectivity index is 1.22. The molecule has 1 saturated heterocycles. The minimum atomic E-state index is -4.97. The lowest BCUT2D eigenvalue weighted by Gasteiger charge is -2.44. The highest BCUT2D eigenvalue weighted by molar-refractivity contribution is 5.99. The fourth-order valence-electron chi connectivity index (χ4n) is 8.92. The van der Waals surface area contributed by atoms with Crippen molar-refractivity contribution in [3.8, 4) is 11.5 Å². The summed E-state index contributed by atoms with van der Waals surface area (Å²) >= 11 is 0. The molecular formula is C63H54F3N5O17. The molecule has 454 valence electrons. The minimum absolute atomic E-state index is 0.00363. The zero-order valence-corrected chi connectivity index (χ0v) is 46.0. The highest BCUT2D eigenvalue weighted by Gasteiger charge is 2.54. The standard InChI is InChI=1S/C63H54F3N5O17/c64-63(65,66)43-28-41(29-44(31-43)70-62(67)68)55(76)69-33-49(72)71-47(26-27-50(73)74)46-32-45(30-42(51(46)75)34-82-56(77)36-16-6-1-7-17-36)84-61-54(88-60(81)40-24-14-5-15-25-40)53(87-59(80)39-22-12-4-13-23-39)52(86-58(79)38-20-10-3-11-21-38)48(85-61)35-83-57(78)37-18-8-2-9-19-37/h1-25,28-32,47-48,52-54,61,75H,26-27,33-35H2,(H,69,76)(H,71,72)(H,73,74)(H4,67,68,70). The molecule has 25 heteroatoms. The number of alkyl halides is 3. The van der Waals surface area contributed by atoms with Crippen LogP contribution in [-0.4, -0.2) is 108 Å². The number of carboxylic acids is 1. The van der Waals surface area contributed by atoms with Crippen LogP contribution in [0.1, 0.15) is 97.7 Å². The third-order valence-corrected chi connectivity index (χ3v) is 13.1. The summed E-state index contributed by atoms with van der Waals surface area (Å²) in [5.41, 5.74) is 2.50. The van der Waals surface area contributed by atoms with Crippen molar-refractivity contribution in [2.75, 3.05) is 18.5 Å². The summed E-state index contributed by atoms with van der Waals surface area (Å²) in [6, 6.07) is 40.5. The second kappa shape index (κ2) is 29.1. The number of esters is 5. The van der Waals surface area contributed by atoms with Crippen molar-refractivity contribution in [1.29, 1.82) is 5.41 Å². The van der Waals surface area contributed by atoms with Gasteiger partial charge in [-0.05, 0) is 97.4 Å². The maximum absolute atomic E-state index is 14.3. The molecule has 1 aliphatic heterocycles. The van der Waals surface area contributed by atoms with Gasteiger partial charge in [-0.1, -0.05) is 91.0 Å². The van der Waals surface area contributed by atoms with Crippen molar-refractivity contribution in [3.63, 3.8) is 0 Å². The number of phenolic OH excluding ortho intramolecular Hbond substituents is 1. The number of rotatable bonds is 23. The van der Waals surface area contributed by atoms with E-state index < -0.39 is 146 Å². The molecule has 6 atom stereocenters. The number of aliphatic carboxylic acids is 1. The van der Waals surface area contributed by atoms with Crippen LogP contribution in [0.3, 0.4) is 0 Å². The summed E-state index contributed by atoms with van der Waals surface area (Å²) in [5.74, 6) is -10.4. The Morgan fingerprint density at radius 3 is 1.57 bits per heavy atom. The number of phenols is 1. The minimum Gasteiger partial charge on any atom is -0.507 e. The first-order chi connectivity index (χ1) is 42.2. The molecule has 1 heterocycles. The molecule has 22 nitrogen and oxygen atoms in total. The van der Waals surface area contributed by atoms with Crippen LogP contribution in [0.15, 0.2) is 182 Å². The molecular weight excluding hydrogens is 1160 g/mol. The van der Waals surface area contributed by atoms with Crippen molar-refractivity contribution in [2.24, 2.45) is 5.73 Å². The van der Waals surface area contributed by atoms with Crippen LogP contribution in [0, 0.1) is 5.41 Å². The van der Waals surface area contributed by atoms with Crippen LogP contribution in [-0.2, 0) is 50.8 Å². The van der Waals surface area contributed by atoms with Gasteiger partial charge < -0.3 is 65.1 Å². The van der Waals surface area contributed by atoms with Gasteiger partial charge in [0.2, 0.25) is 18.3 Å². The van der Waals surface area contributed by atoms with E-state index in [1.54, 1.807) is 66.7 Å². The third kappa shape index (κ3) is 17.1. The molecule has 1 fully saturated rings. The van der Waals surface area contributed by atoms with Crippen LogP contribution in [0.5, 0.6) is 11.5 Å². The molecule has 0 saturated carbocycles. The predicted octanol–water partition coefficient (Wildman–Crippen LogP) is 8.16. The second-order valence-corrected chi connectivity index (χ2v) is 19.4. The van der Waals surface area contributed by atoms with E-state index in [1.807, 2.05) is 0 Å². The number of nitrogens with one attached hydrogen (secondary N) is 4. The van der Waals surface area contributed by atoms with Gasteiger partial charge in [-0.25, -0.2) is 24.0 Å². The molecule has 1 aliphatic rings. The first-order valence-electron chi connectivity index (χ1n) is 26.7. The lowest BCUT2D eigenvalue weighted by molar-refractivity contribution is -0.275. The van der Waals surface area contributed by atoms with Crippen LogP contribution in [0.4, 0.5) is 18.9 Å². The molecule has 6 unspecified atom stereocenters. The Morgan fingerprint density at radius 2 is 1.08 bits per heavy atom. The van der Waals surface area contributed by atoms with Crippen LogP contribution in [0.2, 0.25) is 0 Å². The second-order valence-electron chi connectivity index (χ2n) is 19.4. The van der Waals surface area contributed by atoms with Crippen LogP contribution >= 0.6 is 0 Å².